The zero-order valence-electron chi connectivity index (χ0n) is 11.0. The van der Waals surface area contributed by atoms with E-state index in [0.717, 1.165) is 26.2 Å². The van der Waals surface area contributed by atoms with Gasteiger partial charge in [0.25, 0.3) is 0 Å². The van der Waals surface area contributed by atoms with Crippen molar-refractivity contribution in [3.8, 4) is 0 Å². The molecule has 1 rings (SSSR count). The van der Waals surface area contributed by atoms with Gasteiger partial charge in [0.1, 0.15) is 0 Å². The van der Waals surface area contributed by atoms with Crippen LogP contribution in [0, 0.1) is 0 Å². The SMILES string of the molecule is CCNCCNCC(C)(C)c1ccccc1Br. The summed E-state index contributed by atoms with van der Waals surface area (Å²) >= 11 is 3.63. The summed E-state index contributed by atoms with van der Waals surface area (Å²) in [5.41, 5.74) is 1.50. The van der Waals surface area contributed by atoms with E-state index in [-0.39, 0.29) is 5.41 Å². The maximum Gasteiger partial charge on any atom is 0.0213 e. The highest BCUT2D eigenvalue weighted by Crippen LogP contribution is 2.29. The molecule has 0 saturated heterocycles. The Labute approximate surface area is 113 Å². The zero-order valence-corrected chi connectivity index (χ0v) is 12.6. The fourth-order valence-electron chi connectivity index (χ4n) is 1.86. The number of rotatable bonds is 7. The number of likely N-dealkylation sites (N-methyl/N-ethyl adjacent to an activating group) is 1. The van der Waals surface area contributed by atoms with Crippen molar-refractivity contribution in [3.63, 3.8) is 0 Å². The van der Waals surface area contributed by atoms with Crippen molar-refractivity contribution in [1.82, 2.24) is 10.6 Å². The molecule has 0 saturated carbocycles. The summed E-state index contributed by atoms with van der Waals surface area (Å²) in [5.74, 6) is 0. The van der Waals surface area contributed by atoms with Gasteiger partial charge in [-0.2, -0.15) is 0 Å². The van der Waals surface area contributed by atoms with Crippen LogP contribution >= 0.6 is 15.9 Å². The molecule has 0 atom stereocenters. The first kappa shape index (κ1) is 14.7. The Balaban J connectivity index is 2.48. The molecule has 1 aromatic rings. The normalized spacial score (nSPS) is 11.8. The largest absolute Gasteiger partial charge is 0.316 e. The molecule has 0 radical (unpaired) electrons. The molecular formula is C14H23BrN2. The molecule has 0 aromatic heterocycles. The summed E-state index contributed by atoms with van der Waals surface area (Å²) in [6.07, 6.45) is 0. The maximum atomic E-state index is 3.63. The minimum atomic E-state index is 0.145. The molecule has 0 aliphatic heterocycles. The number of benzene rings is 1. The van der Waals surface area contributed by atoms with Gasteiger partial charge in [-0.25, -0.2) is 0 Å². The lowest BCUT2D eigenvalue weighted by molar-refractivity contribution is 0.464. The highest BCUT2D eigenvalue weighted by Gasteiger charge is 2.21. The first-order valence-electron chi connectivity index (χ1n) is 6.24. The van der Waals surface area contributed by atoms with E-state index in [0.29, 0.717) is 0 Å². The van der Waals surface area contributed by atoms with Crippen LogP contribution in [-0.2, 0) is 5.41 Å². The van der Waals surface area contributed by atoms with Crippen molar-refractivity contribution in [3.05, 3.63) is 34.3 Å². The molecule has 0 amide bonds. The van der Waals surface area contributed by atoms with Gasteiger partial charge in [0.15, 0.2) is 0 Å². The second-order valence-corrected chi connectivity index (χ2v) is 5.75. The summed E-state index contributed by atoms with van der Waals surface area (Å²) in [7, 11) is 0. The van der Waals surface area contributed by atoms with Gasteiger partial charge in [-0.1, -0.05) is 54.9 Å². The molecule has 3 heteroatoms. The Bertz CT molecular complexity index is 337. The third-order valence-electron chi connectivity index (χ3n) is 2.90. The molecule has 0 spiro atoms. The molecular weight excluding hydrogens is 276 g/mol. The van der Waals surface area contributed by atoms with Crippen LogP contribution in [0.4, 0.5) is 0 Å². The molecule has 0 heterocycles. The van der Waals surface area contributed by atoms with Gasteiger partial charge in [-0.15, -0.1) is 0 Å². The number of halogens is 1. The molecule has 96 valence electrons. The van der Waals surface area contributed by atoms with Crippen LogP contribution in [0.25, 0.3) is 0 Å². The van der Waals surface area contributed by atoms with E-state index in [9.17, 15) is 0 Å². The van der Waals surface area contributed by atoms with Crippen LogP contribution in [-0.4, -0.2) is 26.2 Å². The summed E-state index contributed by atoms with van der Waals surface area (Å²) in [6.45, 7) is 10.7. The Morgan fingerprint density at radius 2 is 1.76 bits per heavy atom. The molecule has 0 aliphatic carbocycles. The van der Waals surface area contributed by atoms with Gasteiger partial charge in [0, 0.05) is 29.5 Å². The lowest BCUT2D eigenvalue weighted by atomic mass is 9.84. The second kappa shape index (κ2) is 7.14. The molecule has 0 bridgehead atoms. The molecule has 17 heavy (non-hydrogen) atoms. The average molecular weight is 299 g/mol. The number of nitrogens with one attached hydrogen (secondary N) is 2. The van der Waals surface area contributed by atoms with Crippen molar-refractivity contribution >= 4 is 15.9 Å². The number of hydrogen-bond donors (Lipinski definition) is 2. The Morgan fingerprint density at radius 1 is 1.12 bits per heavy atom. The van der Waals surface area contributed by atoms with E-state index in [4.69, 9.17) is 0 Å². The van der Waals surface area contributed by atoms with Crippen LogP contribution in [0.2, 0.25) is 0 Å². The third-order valence-corrected chi connectivity index (χ3v) is 3.59. The standard InChI is InChI=1S/C14H23BrN2/c1-4-16-9-10-17-11-14(2,3)12-7-5-6-8-13(12)15/h5-8,16-17H,4,9-11H2,1-3H3. The van der Waals surface area contributed by atoms with Crippen molar-refractivity contribution in [1.29, 1.82) is 0 Å². The molecule has 0 aliphatic rings. The topological polar surface area (TPSA) is 24.1 Å². The van der Waals surface area contributed by atoms with Crippen molar-refractivity contribution in [2.24, 2.45) is 0 Å². The monoisotopic (exact) mass is 298 g/mol. The van der Waals surface area contributed by atoms with Gasteiger partial charge in [0.2, 0.25) is 0 Å². The number of hydrogen-bond acceptors (Lipinski definition) is 2. The predicted octanol–water partition coefficient (Wildman–Crippen LogP) is 2.93. The fourth-order valence-corrected chi connectivity index (χ4v) is 2.68. The smallest absolute Gasteiger partial charge is 0.0213 e. The van der Waals surface area contributed by atoms with Crippen LogP contribution in [0.15, 0.2) is 28.7 Å². The molecule has 2 nitrogen and oxygen atoms in total. The van der Waals surface area contributed by atoms with Gasteiger partial charge >= 0.3 is 0 Å². The summed E-state index contributed by atoms with van der Waals surface area (Å²) in [6, 6.07) is 8.45. The Kier molecular flexibility index (Phi) is 6.17. The second-order valence-electron chi connectivity index (χ2n) is 4.89. The zero-order chi connectivity index (χ0) is 12.7. The van der Waals surface area contributed by atoms with E-state index < -0.39 is 0 Å². The van der Waals surface area contributed by atoms with Gasteiger partial charge < -0.3 is 10.6 Å². The summed E-state index contributed by atoms with van der Waals surface area (Å²) in [4.78, 5) is 0. The highest BCUT2D eigenvalue weighted by molar-refractivity contribution is 9.10. The van der Waals surface area contributed by atoms with Crippen LogP contribution in [0.3, 0.4) is 0 Å². The van der Waals surface area contributed by atoms with Gasteiger partial charge in [-0.05, 0) is 18.2 Å². The molecule has 0 fully saturated rings. The fraction of sp³-hybridized carbons (Fsp3) is 0.571. The van der Waals surface area contributed by atoms with Crippen molar-refractivity contribution in [2.45, 2.75) is 26.2 Å². The average Bonchev–Trinajstić information content (AvgIpc) is 2.29. The lowest BCUT2D eigenvalue weighted by Gasteiger charge is -2.27. The van der Waals surface area contributed by atoms with Crippen molar-refractivity contribution < 1.29 is 0 Å². The van der Waals surface area contributed by atoms with E-state index in [1.165, 1.54) is 10.0 Å². The van der Waals surface area contributed by atoms with E-state index in [1.54, 1.807) is 0 Å². The molecule has 1 aromatic carbocycles. The van der Waals surface area contributed by atoms with Crippen LogP contribution < -0.4 is 10.6 Å². The van der Waals surface area contributed by atoms with E-state index >= 15 is 0 Å². The Hall–Kier alpha value is -0.380. The van der Waals surface area contributed by atoms with Crippen LogP contribution in [0.1, 0.15) is 26.3 Å². The third kappa shape index (κ3) is 4.78. The predicted molar refractivity (Wildman–Crippen MR) is 78.6 cm³/mol. The van der Waals surface area contributed by atoms with Gasteiger partial charge in [-0.3, -0.25) is 0 Å². The Morgan fingerprint density at radius 3 is 2.41 bits per heavy atom. The lowest BCUT2D eigenvalue weighted by Crippen LogP contribution is -2.36. The minimum absolute atomic E-state index is 0.145. The quantitative estimate of drug-likeness (QED) is 0.757. The van der Waals surface area contributed by atoms with Gasteiger partial charge in [0.05, 0.1) is 0 Å². The summed E-state index contributed by atoms with van der Waals surface area (Å²) < 4.78 is 1.19. The van der Waals surface area contributed by atoms with Crippen molar-refractivity contribution in [2.75, 3.05) is 26.2 Å². The van der Waals surface area contributed by atoms with E-state index in [2.05, 4.69) is 71.6 Å². The maximum absolute atomic E-state index is 3.63. The summed E-state index contributed by atoms with van der Waals surface area (Å²) in [5, 5.41) is 6.82. The molecule has 2 N–H and O–H groups in total. The van der Waals surface area contributed by atoms with Crippen LogP contribution in [0.5, 0.6) is 0 Å². The molecule has 0 unspecified atom stereocenters. The minimum Gasteiger partial charge on any atom is -0.316 e. The highest BCUT2D eigenvalue weighted by atomic mass is 79.9. The first-order valence-corrected chi connectivity index (χ1v) is 7.03. The first-order chi connectivity index (χ1) is 8.08. The van der Waals surface area contributed by atoms with E-state index in [1.807, 2.05) is 0 Å².